The first-order valence-electron chi connectivity index (χ1n) is 9.10. The Morgan fingerprint density at radius 3 is 2.71 bits per heavy atom. The number of aromatic nitrogens is 2. The Hall–Kier alpha value is -1.66. The van der Waals surface area contributed by atoms with Crippen LogP contribution in [0.15, 0.2) is 27.5 Å². The van der Waals surface area contributed by atoms with Gasteiger partial charge in [0.1, 0.15) is 0 Å². The maximum atomic E-state index is 12.2. The van der Waals surface area contributed by atoms with Crippen LogP contribution in [0.4, 0.5) is 0 Å². The van der Waals surface area contributed by atoms with Crippen LogP contribution < -0.4 is 5.76 Å². The third kappa shape index (κ3) is 3.87. The summed E-state index contributed by atoms with van der Waals surface area (Å²) in [5.74, 6) is -0.311. The second-order valence-electron chi connectivity index (χ2n) is 6.76. The summed E-state index contributed by atoms with van der Waals surface area (Å²) in [4.78, 5) is 21.5. The van der Waals surface area contributed by atoms with Gasteiger partial charge in [-0.05, 0) is 32.0 Å². The molecule has 1 unspecified atom stereocenters. The summed E-state index contributed by atoms with van der Waals surface area (Å²) in [6, 6.07) is 3.64. The molecule has 3 heterocycles. The third-order valence-corrected chi connectivity index (χ3v) is 4.88. The van der Waals surface area contributed by atoms with Gasteiger partial charge in [0.2, 0.25) is 0 Å². The fourth-order valence-electron chi connectivity index (χ4n) is 3.50. The van der Waals surface area contributed by atoms with Crippen LogP contribution in [0.1, 0.15) is 39.2 Å². The van der Waals surface area contributed by atoms with Gasteiger partial charge >= 0.3 is 5.76 Å². The van der Waals surface area contributed by atoms with Crippen LogP contribution in [0.2, 0.25) is 0 Å². The maximum Gasteiger partial charge on any atom is 0.421 e. The third-order valence-electron chi connectivity index (χ3n) is 4.88. The van der Waals surface area contributed by atoms with Crippen LogP contribution in [0, 0.1) is 0 Å². The molecule has 0 spiro atoms. The van der Waals surface area contributed by atoms with Gasteiger partial charge in [0, 0.05) is 38.9 Å². The topological polar surface area (TPSA) is 54.5 Å². The molecule has 0 saturated carbocycles. The number of oxazole rings is 1. The molecule has 0 aliphatic carbocycles. The number of pyridine rings is 1. The van der Waals surface area contributed by atoms with Gasteiger partial charge in [-0.2, -0.15) is 0 Å². The Labute approximate surface area is 143 Å². The highest BCUT2D eigenvalue weighted by molar-refractivity contribution is 5.67. The fourth-order valence-corrected chi connectivity index (χ4v) is 3.50. The minimum atomic E-state index is -0.311. The molecule has 0 amide bonds. The molecule has 1 fully saturated rings. The van der Waals surface area contributed by atoms with E-state index in [2.05, 4.69) is 28.6 Å². The number of hydrogen-bond acceptors (Lipinski definition) is 5. The zero-order valence-electron chi connectivity index (χ0n) is 14.8. The van der Waals surface area contributed by atoms with E-state index in [0.717, 1.165) is 32.7 Å². The molecule has 3 rings (SSSR count). The molecule has 1 aliphatic heterocycles. The summed E-state index contributed by atoms with van der Waals surface area (Å²) >= 11 is 0. The molecule has 0 bridgehead atoms. The lowest BCUT2D eigenvalue weighted by atomic mass is 10.2. The van der Waals surface area contributed by atoms with Gasteiger partial charge in [0.05, 0.1) is 6.04 Å². The highest BCUT2D eigenvalue weighted by atomic mass is 16.4. The van der Waals surface area contributed by atoms with Crippen molar-refractivity contribution >= 4 is 11.2 Å². The summed E-state index contributed by atoms with van der Waals surface area (Å²) in [6.07, 6.45) is 5.60. The van der Waals surface area contributed by atoms with E-state index in [0.29, 0.717) is 11.2 Å². The number of hydrogen-bond donors (Lipinski definition) is 0. The quantitative estimate of drug-likeness (QED) is 0.729. The Balaban J connectivity index is 1.57. The fraction of sp³-hybridized carbons (Fsp3) is 0.667. The summed E-state index contributed by atoms with van der Waals surface area (Å²) in [5, 5.41) is 0. The first-order chi connectivity index (χ1) is 11.7. The summed E-state index contributed by atoms with van der Waals surface area (Å²) in [7, 11) is 0. The molecule has 0 aromatic carbocycles. The van der Waals surface area contributed by atoms with Gasteiger partial charge in [-0.1, -0.05) is 19.8 Å². The number of piperazine rings is 1. The van der Waals surface area contributed by atoms with Crippen LogP contribution in [0.3, 0.4) is 0 Å². The summed E-state index contributed by atoms with van der Waals surface area (Å²) < 4.78 is 6.98. The van der Waals surface area contributed by atoms with E-state index in [9.17, 15) is 4.79 Å². The number of rotatable bonds is 7. The van der Waals surface area contributed by atoms with Gasteiger partial charge in [0.15, 0.2) is 11.2 Å². The van der Waals surface area contributed by atoms with Crippen molar-refractivity contribution in [1.82, 2.24) is 19.4 Å². The van der Waals surface area contributed by atoms with Crippen LogP contribution >= 0.6 is 0 Å². The first kappa shape index (κ1) is 17.2. The highest BCUT2D eigenvalue weighted by Crippen LogP contribution is 2.16. The Morgan fingerprint density at radius 1 is 1.21 bits per heavy atom. The Bertz CT molecular complexity index is 700. The van der Waals surface area contributed by atoms with Crippen molar-refractivity contribution in [2.24, 2.45) is 0 Å². The van der Waals surface area contributed by atoms with Crippen molar-refractivity contribution in [1.29, 1.82) is 0 Å². The standard InChI is InChI=1S/C18H28N4O2/c1-3-4-5-9-20-10-12-21(13-11-20)14-15(2)22-17-16(24-18(22)23)7-6-8-19-17/h6-8,15H,3-5,9-14H2,1-2H3. The lowest BCUT2D eigenvalue weighted by molar-refractivity contribution is 0.119. The number of unbranched alkanes of at least 4 members (excludes halogenated alkanes) is 2. The molecule has 1 saturated heterocycles. The summed E-state index contributed by atoms with van der Waals surface area (Å²) in [5.41, 5.74) is 1.21. The molecule has 6 heteroatoms. The molecular weight excluding hydrogens is 304 g/mol. The van der Waals surface area contributed by atoms with Gasteiger partial charge in [-0.25, -0.2) is 9.78 Å². The minimum absolute atomic E-state index is 0.0558. The largest absolute Gasteiger partial charge is 0.421 e. The second kappa shape index (κ2) is 7.94. The van der Waals surface area contributed by atoms with Crippen LogP contribution in [0.25, 0.3) is 11.2 Å². The Kier molecular flexibility index (Phi) is 5.68. The van der Waals surface area contributed by atoms with E-state index in [1.165, 1.54) is 25.8 Å². The van der Waals surface area contributed by atoms with Gasteiger partial charge in [-0.3, -0.25) is 9.47 Å². The molecule has 2 aromatic heterocycles. The number of fused-ring (bicyclic) bond motifs is 1. The smallest absolute Gasteiger partial charge is 0.406 e. The predicted molar refractivity (Wildman–Crippen MR) is 95.4 cm³/mol. The normalized spacial score (nSPS) is 18.2. The zero-order valence-corrected chi connectivity index (χ0v) is 14.8. The Morgan fingerprint density at radius 2 is 1.96 bits per heavy atom. The minimum Gasteiger partial charge on any atom is -0.406 e. The lowest BCUT2D eigenvalue weighted by Gasteiger charge is -2.35. The van der Waals surface area contributed by atoms with E-state index in [-0.39, 0.29) is 11.8 Å². The van der Waals surface area contributed by atoms with Crippen molar-refractivity contribution in [3.05, 3.63) is 28.9 Å². The van der Waals surface area contributed by atoms with E-state index in [1.54, 1.807) is 22.9 Å². The summed E-state index contributed by atoms with van der Waals surface area (Å²) in [6.45, 7) is 10.8. The van der Waals surface area contributed by atoms with Crippen molar-refractivity contribution in [3.8, 4) is 0 Å². The monoisotopic (exact) mass is 332 g/mol. The van der Waals surface area contributed by atoms with E-state index < -0.39 is 0 Å². The van der Waals surface area contributed by atoms with Crippen molar-refractivity contribution in [2.75, 3.05) is 39.3 Å². The number of nitrogens with zero attached hydrogens (tertiary/aromatic N) is 4. The average molecular weight is 332 g/mol. The zero-order chi connectivity index (χ0) is 16.9. The van der Waals surface area contributed by atoms with Crippen molar-refractivity contribution in [3.63, 3.8) is 0 Å². The predicted octanol–water partition coefficient (Wildman–Crippen LogP) is 2.36. The average Bonchev–Trinajstić information content (AvgIpc) is 2.92. The van der Waals surface area contributed by atoms with E-state index in [1.807, 2.05) is 0 Å². The highest BCUT2D eigenvalue weighted by Gasteiger charge is 2.21. The lowest BCUT2D eigenvalue weighted by Crippen LogP contribution is -2.48. The molecule has 24 heavy (non-hydrogen) atoms. The molecular formula is C18H28N4O2. The molecule has 1 aliphatic rings. The van der Waals surface area contributed by atoms with E-state index in [4.69, 9.17) is 4.42 Å². The van der Waals surface area contributed by atoms with Crippen molar-refractivity contribution in [2.45, 2.75) is 39.2 Å². The molecule has 1 atom stereocenters. The van der Waals surface area contributed by atoms with Crippen LogP contribution in [-0.4, -0.2) is 58.6 Å². The van der Waals surface area contributed by atoms with Crippen LogP contribution in [0.5, 0.6) is 0 Å². The molecule has 6 nitrogen and oxygen atoms in total. The van der Waals surface area contributed by atoms with E-state index >= 15 is 0 Å². The van der Waals surface area contributed by atoms with Crippen LogP contribution in [-0.2, 0) is 0 Å². The van der Waals surface area contributed by atoms with Gasteiger partial charge in [-0.15, -0.1) is 0 Å². The second-order valence-corrected chi connectivity index (χ2v) is 6.76. The molecule has 2 aromatic rings. The van der Waals surface area contributed by atoms with Gasteiger partial charge < -0.3 is 9.32 Å². The SMILES string of the molecule is CCCCCN1CCN(CC(C)n2c(=O)oc3cccnc32)CC1. The first-order valence-corrected chi connectivity index (χ1v) is 9.10. The molecule has 0 N–H and O–H groups in total. The molecule has 132 valence electrons. The maximum absolute atomic E-state index is 12.2. The van der Waals surface area contributed by atoms with Gasteiger partial charge in [0.25, 0.3) is 0 Å². The van der Waals surface area contributed by atoms with Crippen molar-refractivity contribution < 1.29 is 4.42 Å². The molecule has 0 radical (unpaired) electrons.